The van der Waals surface area contributed by atoms with E-state index in [4.69, 9.17) is 9.47 Å². The molecular formula is C8H17NO2. The first kappa shape index (κ1) is 8.97. The molecule has 0 aromatic rings. The van der Waals surface area contributed by atoms with Gasteiger partial charge in [0, 0.05) is 6.54 Å². The largest absolute Gasteiger partial charge is 0.348 e. The van der Waals surface area contributed by atoms with Crippen LogP contribution < -0.4 is 5.32 Å². The number of ether oxygens (including phenoxy) is 2. The molecule has 1 aliphatic rings. The van der Waals surface area contributed by atoms with Crippen LogP contribution in [0.15, 0.2) is 0 Å². The fourth-order valence-electron chi connectivity index (χ4n) is 1.17. The minimum atomic E-state index is -0.375. The summed E-state index contributed by atoms with van der Waals surface area (Å²) in [5.41, 5.74) is 0. The number of hydrogen-bond donors (Lipinski definition) is 1. The maximum atomic E-state index is 5.57. The van der Waals surface area contributed by atoms with Gasteiger partial charge in [-0.1, -0.05) is 6.92 Å². The second kappa shape index (κ2) is 3.52. The third kappa shape index (κ3) is 2.77. The summed E-state index contributed by atoms with van der Waals surface area (Å²) in [6, 6.07) is 0. The van der Waals surface area contributed by atoms with Gasteiger partial charge in [-0.2, -0.15) is 0 Å². The maximum absolute atomic E-state index is 5.57. The Kier molecular flexibility index (Phi) is 2.87. The van der Waals surface area contributed by atoms with E-state index in [1.165, 1.54) is 0 Å². The summed E-state index contributed by atoms with van der Waals surface area (Å²) in [6.07, 6.45) is 0.227. The Bertz CT molecular complexity index is 125. The lowest BCUT2D eigenvalue weighted by molar-refractivity contribution is -0.137. The molecule has 1 atom stereocenters. The van der Waals surface area contributed by atoms with Crippen molar-refractivity contribution in [1.29, 1.82) is 0 Å². The standard InChI is InChI=1S/C8H17NO2/c1-4-9-5-7-6-10-8(2,3)11-7/h7,9H,4-6H2,1-3H3/t7-/m0/s1. The predicted octanol–water partition coefficient (Wildman–Crippen LogP) is 0.747. The predicted molar refractivity (Wildman–Crippen MR) is 43.4 cm³/mol. The van der Waals surface area contributed by atoms with Gasteiger partial charge in [-0.25, -0.2) is 0 Å². The Morgan fingerprint density at radius 3 is 2.73 bits per heavy atom. The van der Waals surface area contributed by atoms with Crippen LogP contribution in [-0.2, 0) is 9.47 Å². The van der Waals surface area contributed by atoms with Gasteiger partial charge in [0.25, 0.3) is 0 Å². The van der Waals surface area contributed by atoms with Crippen molar-refractivity contribution in [2.24, 2.45) is 0 Å². The van der Waals surface area contributed by atoms with Gasteiger partial charge in [0.05, 0.1) is 12.7 Å². The van der Waals surface area contributed by atoms with Crippen molar-refractivity contribution in [3.63, 3.8) is 0 Å². The van der Waals surface area contributed by atoms with Crippen LogP contribution in [0.1, 0.15) is 20.8 Å². The van der Waals surface area contributed by atoms with Crippen LogP contribution in [0.4, 0.5) is 0 Å². The molecule has 3 nitrogen and oxygen atoms in total. The average molecular weight is 159 g/mol. The van der Waals surface area contributed by atoms with Crippen LogP contribution in [-0.4, -0.2) is 31.6 Å². The molecule has 0 aromatic carbocycles. The molecule has 0 spiro atoms. The fourth-order valence-corrected chi connectivity index (χ4v) is 1.17. The SMILES string of the molecule is CCNC[C@H]1COC(C)(C)O1. The summed E-state index contributed by atoms with van der Waals surface area (Å²) in [5.74, 6) is -0.375. The molecule has 1 aliphatic heterocycles. The molecule has 0 bridgehead atoms. The molecule has 0 amide bonds. The van der Waals surface area contributed by atoms with Gasteiger partial charge in [0.1, 0.15) is 0 Å². The van der Waals surface area contributed by atoms with E-state index in [9.17, 15) is 0 Å². The highest BCUT2D eigenvalue weighted by atomic mass is 16.7. The first-order chi connectivity index (χ1) is 5.14. The second-order valence-electron chi connectivity index (χ2n) is 3.26. The van der Waals surface area contributed by atoms with Gasteiger partial charge in [-0.3, -0.25) is 0 Å². The molecule has 3 heteroatoms. The zero-order valence-corrected chi connectivity index (χ0v) is 7.52. The minimum Gasteiger partial charge on any atom is -0.348 e. The Hall–Kier alpha value is -0.120. The first-order valence-electron chi connectivity index (χ1n) is 4.16. The molecule has 1 heterocycles. The van der Waals surface area contributed by atoms with Crippen LogP contribution in [0, 0.1) is 0 Å². The van der Waals surface area contributed by atoms with Gasteiger partial charge in [-0.05, 0) is 20.4 Å². The van der Waals surface area contributed by atoms with Gasteiger partial charge in [0.15, 0.2) is 5.79 Å². The van der Waals surface area contributed by atoms with Crippen molar-refractivity contribution in [1.82, 2.24) is 5.32 Å². The van der Waals surface area contributed by atoms with Crippen molar-refractivity contribution >= 4 is 0 Å². The normalized spacial score (nSPS) is 29.2. The summed E-state index contributed by atoms with van der Waals surface area (Å²) in [4.78, 5) is 0. The molecule has 0 radical (unpaired) electrons. The van der Waals surface area contributed by atoms with Crippen molar-refractivity contribution in [2.45, 2.75) is 32.7 Å². The molecule has 0 saturated carbocycles. The lowest BCUT2D eigenvalue weighted by Crippen LogP contribution is -2.30. The number of likely N-dealkylation sites (N-methyl/N-ethyl adjacent to an activating group) is 1. The second-order valence-corrected chi connectivity index (χ2v) is 3.26. The van der Waals surface area contributed by atoms with Gasteiger partial charge < -0.3 is 14.8 Å². The summed E-state index contributed by atoms with van der Waals surface area (Å²) in [6.45, 7) is 8.55. The smallest absolute Gasteiger partial charge is 0.163 e. The molecule has 1 saturated heterocycles. The Morgan fingerprint density at radius 1 is 1.55 bits per heavy atom. The highest BCUT2D eigenvalue weighted by Gasteiger charge is 2.31. The van der Waals surface area contributed by atoms with Crippen molar-refractivity contribution in [2.75, 3.05) is 19.7 Å². The zero-order valence-electron chi connectivity index (χ0n) is 7.52. The topological polar surface area (TPSA) is 30.5 Å². The highest BCUT2D eigenvalue weighted by Crippen LogP contribution is 2.21. The van der Waals surface area contributed by atoms with Crippen LogP contribution >= 0.6 is 0 Å². The summed E-state index contributed by atoms with van der Waals surface area (Å²) < 4.78 is 11.0. The van der Waals surface area contributed by atoms with E-state index in [0.717, 1.165) is 13.1 Å². The summed E-state index contributed by atoms with van der Waals surface area (Å²) in [7, 11) is 0. The molecule has 0 unspecified atom stereocenters. The van der Waals surface area contributed by atoms with E-state index in [2.05, 4.69) is 12.2 Å². The number of rotatable bonds is 3. The molecule has 1 fully saturated rings. The van der Waals surface area contributed by atoms with Crippen LogP contribution in [0.3, 0.4) is 0 Å². The van der Waals surface area contributed by atoms with Gasteiger partial charge in [-0.15, -0.1) is 0 Å². The quantitative estimate of drug-likeness (QED) is 0.659. The Balaban J connectivity index is 2.20. The number of nitrogens with one attached hydrogen (secondary N) is 1. The van der Waals surface area contributed by atoms with Crippen LogP contribution in [0.2, 0.25) is 0 Å². The van der Waals surface area contributed by atoms with E-state index >= 15 is 0 Å². The van der Waals surface area contributed by atoms with Gasteiger partial charge >= 0.3 is 0 Å². The highest BCUT2D eigenvalue weighted by molar-refractivity contribution is 4.72. The fraction of sp³-hybridized carbons (Fsp3) is 1.00. The maximum Gasteiger partial charge on any atom is 0.163 e. The monoisotopic (exact) mass is 159 g/mol. The Morgan fingerprint density at radius 2 is 2.27 bits per heavy atom. The average Bonchev–Trinajstić information content (AvgIpc) is 2.26. The van der Waals surface area contributed by atoms with E-state index in [1.807, 2.05) is 13.8 Å². The molecule has 1 rings (SSSR count). The van der Waals surface area contributed by atoms with Crippen LogP contribution in [0.25, 0.3) is 0 Å². The Labute approximate surface area is 68.1 Å². The molecule has 11 heavy (non-hydrogen) atoms. The molecule has 0 aromatic heterocycles. The van der Waals surface area contributed by atoms with Gasteiger partial charge in [0.2, 0.25) is 0 Å². The van der Waals surface area contributed by atoms with E-state index < -0.39 is 0 Å². The zero-order chi connectivity index (χ0) is 8.32. The third-order valence-corrected chi connectivity index (χ3v) is 1.69. The summed E-state index contributed by atoms with van der Waals surface area (Å²) in [5, 5.41) is 3.22. The van der Waals surface area contributed by atoms with E-state index in [-0.39, 0.29) is 11.9 Å². The summed E-state index contributed by atoms with van der Waals surface area (Å²) >= 11 is 0. The minimum absolute atomic E-state index is 0.227. The van der Waals surface area contributed by atoms with E-state index in [1.54, 1.807) is 0 Å². The van der Waals surface area contributed by atoms with Crippen molar-refractivity contribution in [3.8, 4) is 0 Å². The first-order valence-corrected chi connectivity index (χ1v) is 4.16. The van der Waals surface area contributed by atoms with Crippen LogP contribution in [0.5, 0.6) is 0 Å². The molecular weight excluding hydrogens is 142 g/mol. The lowest BCUT2D eigenvalue weighted by atomic mass is 10.3. The van der Waals surface area contributed by atoms with E-state index in [0.29, 0.717) is 6.61 Å². The molecule has 66 valence electrons. The lowest BCUT2D eigenvalue weighted by Gasteiger charge is -2.16. The molecule has 0 aliphatic carbocycles. The van der Waals surface area contributed by atoms with Crippen molar-refractivity contribution < 1.29 is 9.47 Å². The number of hydrogen-bond acceptors (Lipinski definition) is 3. The van der Waals surface area contributed by atoms with Crippen molar-refractivity contribution in [3.05, 3.63) is 0 Å². The molecule has 1 N–H and O–H groups in total. The third-order valence-electron chi connectivity index (χ3n) is 1.69.